The fourth-order valence-electron chi connectivity index (χ4n) is 3.63. The summed E-state index contributed by atoms with van der Waals surface area (Å²) in [7, 11) is 1.69. The second-order valence-electron chi connectivity index (χ2n) is 7.12. The Morgan fingerprint density at radius 1 is 1.15 bits per heavy atom. The number of methoxy groups -OCH3 is 1. The van der Waals surface area contributed by atoms with Crippen LogP contribution in [0.3, 0.4) is 0 Å². The standard InChI is InChI=1S/C21H29N3O3/c1-26-16-18-11-5-6-15-24(18)21(25)14-13-20-23-22-19(27-20)12-7-10-17-8-3-2-4-9-17/h2-4,8-9,18H,5-7,10-16H2,1H3. The van der Waals surface area contributed by atoms with Crippen LogP contribution in [0.15, 0.2) is 34.7 Å². The van der Waals surface area contributed by atoms with Crippen molar-refractivity contribution in [2.75, 3.05) is 20.3 Å². The van der Waals surface area contributed by atoms with Crippen molar-refractivity contribution in [1.29, 1.82) is 0 Å². The van der Waals surface area contributed by atoms with Crippen molar-refractivity contribution in [2.24, 2.45) is 0 Å². The number of piperidine rings is 1. The van der Waals surface area contributed by atoms with Gasteiger partial charge in [0.25, 0.3) is 0 Å². The lowest BCUT2D eigenvalue weighted by molar-refractivity contribution is -0.136. The largest absolute Gasteiger partial charge is 0.425 e. The quantitative estimate of drug-likeness (QED) is 0.677. The number of hydrogen-bond acceptors (Lipinski definition) is 5. The number of ether oxygens (including phenoxy) is 1. The number of aryl methyl sites for hydroxylation is 3. The maximum absolute atomic E-state index is 12.6. The average molecular weight is 371 g/mol. The summed E-state index contributed by atoms with van der Waals surface area (Å²) in [6.45, 7) is 1.43. The molecule has 1 aromatic heterocycles. The van der Waals surface area contributed by atoms with Crippen molar-refractivity contribution in [3.63, 3.8) is 0 Å². The van der Waals surface area contributed by atoms with Crippen LogP contribution in [0.25, 0.3) is 0 Å². The average Bonchev–Trinajstić information content (AvgIpc) is 3.15. The molecule has 0 bridgehead atoms. The molecule has 0 saturated carbocycles. The fraction of sp³-hybridized carbons (Fsp3) is 0.571. The van der Waals surface area contributed by atoms with Crippen molar-refractivity contribution in [3.05, 3.63) is 47.7 Å². The van der Waals surface area contributed by atoms with E-state index in [1.165, 1.54) is 5.56 Å². The number of carbonyl (C=O) groups is 1. The molecule has 0 spiro atoms. The van der Waals surface area contributed by atoms with Gasteiger partial charge in [0.2, 0.25) is 17.7 Å². The predicted molar refractivity (Wildman–Crippen MR) is 102 cm³/mol. The minimum Gasteiger partial charge on any atom is -0.425 e. The summed E-state index contributed by atoms with van der Waals surface area (Å²) in [4.78, 5) is 14.5. The lowest BCUT2D eigenvalue weighted by Gasteiger charge is -2.35. The molecule has 1 atom stereocenters. The predicted octanol–water partition coefficient (Wildman–Crippen LogP) is 3.21. The van der Waals surface area contributed by atoms with Gasteiger partial charge in [-0.05, 0) is 37.7 Å². The number of aromatic nitrogens is 2. The molecule has 0 aliphatic carbocycles. The molecule has 3 rings (SSSR count). The van der Waals surface area contributed by atoms with E-state index in [9.17, 15) is 4.79 Å². The van der Waals surface area contributed by atoms with Gasteiger partial charge in [0.15, 0.2) is 0 Å². The highest BCUT2D eigenvalue weighted by atomic mass is 16.5. The number of carbonyl (C=O) groups excluding carboxylic acids is 1. The maximum Gasteiger partial charge on any atom is 0.223 e. The molecule has 2 aromatic rings. The van der Waals surface area contributed by atoms with Gasteiger partial charge < -0.3 is 14.1 Å². The maximum atomic E-state index is 12.6. The Bertz CT molecular complexity index is 700. The molecule has 1 aromatic carbocycles. The summed E-state index contributed by atoms with van der Waals surface area (Å²) in [5.74, 6) is 1.36. The second-order valence-corrected chi connectivity index (χ2v) is 7.12. The monoisotopic (exact) mass is 371 g/mol. The van der Waals surface area contributed by atoms with Gasteiger partial charge in [-0.2, -0.15) is 0 Å². The summed E-state index contributed by atoms with van der Waals surface area (Å²) in [5, 5.41) is 8.22. The number of rotatable bonds is 9. The highest BCUT2D eigenvalue weighted by molar-refractivity contribution is 5.76. The highest BCUT2D eigenvalue weighted by Gasteiger charge is 2.26. The van der Waals surface area contributed by atoms with Crippen LogP contribution in [-0.2, 0) is 28.8 Å². The van der Waals surface area contributed by atoms with Crippen molar-refractivity contribution in [3.8, 4) is 0 Å². The van der Waals surface area contributed by atoms with Crippen LogP contribution < -0.4 is 0 Å². The zero-order chi connectivity index (χ0) is 18.9. The van der Waals surface area contributed by atoms with E-state index in [4.69, 9.17) is 9.15 Å². The highest BCUT2D eigenvalue weighted by Crippen LogP contribution is 2.19. The number of likely N-dealkylation sites (tertiary alicyclic amines) is 1. The topological polar surface area (TPSA) is 68.5 Å². The van der Waals surface area contributed by atoms with Crippen molar-refractivity contribution >= 4 is 5.91 Å². The second kappa shape index (κ2) is 10.2. The van der Waals surface area contributed by atoms with Crippen molar-refractivity contribution in [1.82, 2.24) is 15.1 Å². The van der Waals surface area contributed by atoms with Crippen LogP contribution in [0.1, 0.15) is 49.4 Å². The van der Waals surface area contributed by atoms with E-state index in [2.05, 4.69) is 34.5 Å². The molecular formula is C21H29N3O3. The van der Waals surface area contributed by atoms with E-state index in [1.807, 2.05) is 11.0 Å². The lowest BCUT2D eigenvalue weighted by Crippen LogP contribution is -2.46. The molecule has 1 fully saturated rings. The summed E-state index contributed by atoms with van der Waals surface area (Å²) < 4.78 is 11.0. The minimum absolute atomic E-state index is 0.153. The normalized spacial score (nSPS) is 17.2. The minimum atomic E-state index is 0.153. The molecule has 2 heterocycles. The van der Waals surface area contributed by atoms with Crippen LogP contribution >= 0.6 is 0 Å². The van der Waals surface area contributed by atoms with Gasteiger partial charge in [-0.1, -0.05) is 30.3 Å². The van der Waals surface area contributed by atoms with E-state index in [1.54, 1.807) is 7.11 Å². The summed E-state index contributed by atoms with van der Waals surface area (Å²) in [6, 6.07) is 10.6. The van der Waals surface area contributed by atoms with Crippen molar-refractivity contribution < 1.29 is 13.9 Å². The van der Waals surface area contributed by atoms with E-state index >= 15 is 0 Å². The molecule has 1 aliphatic heterocycles. The van der Waals surface area contributed by atoms with Crippen LogP contribution in [0.4, 0.5) is 0 Å². The zero-order valence-electron chi connectivity index (χ0n) is 16.1. The lowest BCUT2D eigenvalue weighted by atomic mass is 10.0. The first kappa shape index (κ1) is 19.5. The van der Waals surface area contributed by atoms with Crippen molar-refractivity contribution in [2.45, 2.75) is 57.4 Å². The van der Waals surface area contributed by atoms with Crippen LogP contribution in [0.5, 0.6) is 0 Å². The van der Waals surface area contributed by atoms with Gasteiger partial charge in [-0.25, -0.2) is 0 Å². The third-order valence-corrected chi connectivity index (χ3v) is 5.07. The van der Waals surface area contributed by atoms with Gasteiger partial charge in [-0.15, -0.1) is 10.2 Å². The molecule has 146 valence electrons. The van der Waals surface area contributed by atoms with Gasteiger partial charge in [0, 0.05) is 32.9 Å². The molecule has 1 unspecified atom stereocenters. The van der Waals surface area contributed by atoms with E-state index in [-0.39, 0.29) is 11.9 Å². The summed E-state index contributed by atoms with van der Waals surface area (Å²) in [6.07, 6.45) is 6.88. The molecule has 27 heavy (non-hydrogen) atoms. The molecule has 1 aliphatic rings. The molecule has 0 radical (unpaired) electrons. The Labute approximate surface area is 160 Å². The number of hydrogen-bond donors (Lipinski definition) is 0. The molecule has 1 saturated heterocycles. The molecular weight excluding hydrogens is 342 g/mol. The molecule has 0 N–H and O–H groups in total. The third-order valence-electron chi connectivity index (χ3n) is 5.07. The molecule has 1 amide bonds. The summed E-state index contributed by atoms with van der Waals surface area (Å²) in [5.41, 5.74) is 1.31. The Morgan fingerprint density at radius 2 is 1.93 bits per heavy atom. The Hall–Kier alpha value is -2.21. The Balaban J connectivity index is 1.42. The first-order valence-corrected chi connectivity index (χ1v) is 9.90. The fourth-order valence-corrected chi connectivity index (χ4v) is 3.63. The smallest absolute Gasteiger partial charge is 0.223 e. The van der Waals surface area contributed by atoms with E-state index < -0.39 is 0 Å². The van der Waals surface area contributed by atoms with Crippen LogP contribution in [0.2, 0.25) is 0 Å². The van der Waals surface area contributed by atoms with Gasteiger partial charge in [0.1, 0.15) is 0 Å². The SMILES string of the molecule is COCC1CCCCN1C(=O)CCc1nnc(CCCc2ccccc2)o1. The first-order valence-electron chi connectivity index (χ1n) is 9.90. The van der Waals surface area contributed by atoms with Crippen LogP contribution in [-0.4, -0.2) is 47.3 Å². The van der Waals surface area contributed by atoms with Crippen LogP contribution in [0, 0.1) is 0 Å². The number of amides is 1. The summed E-state index contributed by atoms with van der Waals surface area (Å²) >= 11 is 0. The Kier molecular flexibility index (Phi) is 7.39. The molecule has 6 nitrogen and oxygen atoms in total. The zero-order valence-corrected chi connectivity index (χ0v) is 16.1. The van der Waals surface area contributed by atoms with E-state index in [0.717, 1.165) is 45.1 Å². The number of benzene rings is 1. The van der Waals surface area contributed by atoms with Gasteiger partial charge in [0.05, 0.1) is 12.6 Å². The first-order chi connectivity index (χ1) is 13.3. The van der Waals surface area contributed by atoms with Gasteiger partial charge in [-0.3, -0.25) is 4.79 Å². The van der Waals surface area contributed by atoms with Gasteiger partial charge >= 0.3 is 0 Å². The third kappa shape index (κ3) is 5.89. The number of nitrogens with zero attached hydrogens (tertiary/aromatic N) is 3. The van der Waals surface area contributed by atoms with E-state index in [0.29, 0.717) is 31.2 Å². The Morgan fingerprint density at radius 3 is 2.70 bits per heavy atom. The molecule has 6 heteroatoms.